The minimum absolute atomic E-state index is 0.319. The van der Waals surface area contributed by atoms with Gasteiger partial charge < -0.3 is 28.8 Å². The van der Waals surface area contributed by atoms with Gasteiger partial charge in [-0.05, 0) is 25.7 Å². The SMILES string of the molecule is N#C[C@]1(O)[C@H]2OC3(CCCCC3)O[C@@H]2O[C@H]1[C@@H]1COC2(CCCCC2)O1. The van der Waals surface area contributed by atoms with Crippen LogP contribution in [0.25, 0.3) is 0 Å². The topological polar surface area (TPSA) is 90.2 Å². The summed E-state index contributed by atoms with van der Waals surface area (Å²) in [5.41, 5.74) is -1.79. The van der Waals surface area contributed by atoms with E-state index in [0.717, 1.165) is 57.8 Å². The van der Waals surface area contributed by atoms with E-state index in [1.54, 1.807) is 0 Å². The molecule has 2 aliphatic carbocycles. The summed E-state index contributed by atoms with van der Waals surface area (Å²) >= 11 is 0. The maximum atomic E-state index is 11.2. The molecule has 5 aliphatic rings. The standard InChI is InChI=1S/C19H27NO6/c20-12-19(21)14(13-11-22-17(24-13)7-3-1-4-8-17)23-16-15(19)25-18(26-16)9-5-2-6-10-18/h13-16,21H,1-11H2/t13-,14-,15-,16-,19+/m0/s1. The molecule has 0 bridgehead atoms. The molecule has 0 aromatic heterocycles. The fraction of sp³-hybridized carbons (Fsp3) is 0.947. The summed E-state index contributed by atoms with van der Waals surface area (Å²) in [7, 11) is 0. The van der Waals surface area contributed by atoms with Crippen molar-refractivity contribution < 1.29 is 28.8 Å². The van der Waals surface area contributed by atoms with Crippen LogP contribution < -0.4 is 0 Å². The third kappa shape index (κ3) is 2.55. The number of nitrogens with zero attached hydrogens (tertiary/aromatic N) is 1. The predicted molar refractivity (Wildman–Crippen MR) is 87.6 cm³/mol. The van der Waals surface area contributed by atoms with Gasteiger partial charge in [0.25, 0.3) is 0 Å². The summed E-state index contributed by atoms with van der Waals surface area (Å²) in [6.07, 6.45) is 6.95. The number of fused-ring (bicyclic) bond motifs is 1. The molecule has 3 saturated heterocycles. The number of hydrogen-bond acceptors (Lipinski definition) is 7. The van der Waals surface area contributed by atoms with Gasteiger partial charge in [0.1, 0.15) is 18.3 Å². The summed E-state index contributed by atoms with van der Waals surface area (Å²) in [5, 5.41) is 20.9. The van der Waals surface area contributed by atoms with Gasteiger partial charge in [-0.3, -0.25) is 0 Å². The van der Waals surface area contributed by atoms with Gasteiger partial charge in [0, 0.05) is 25.7 Å². The molecule has 5 fully saturated rings. The van der Waals surface area contributed by atoms with E-state index >= 15 is 0 Å². The Hall–Kier alpha value is -0.750. The molecule has 5 rings (SSSR count). The fourth-order valence-electron chi connectivity index (χ4n) is 5.30. The Kier molecular flexibility index (Phi) is 4.09. The molecule has 0 aromatic carbocycles. The van der Waals surface area contributed by atoms with E-state index < -0.39 is 41.8 Å². The van der Waals surface area contributed by atoms with Gasteiger partial charge in [-0.2, -0.15) is 5.26 Å². The third-order valence-corrected chi connectivity index (χ3v) is 6.69. The number of hydrogen-bond donors (Lipinski definition) is 1. The second-order valence-electron chi connectivity index (χ2n) is 8.43. The molecule has 0 amide bonds. The maximum Gasteiger partial charge on any atom is 0.211 e. The highest BCUT2D eigenvalue weighted by atomic mass is 16.8. The lowest BCUT2D eigenvalue weighted by atomic mass is 9.90. The fourth-order valence-corrected chi connectivity index (χ4v) is 5.30. The van der Waals surface area contributed by atoms with Gasteiger partial charge in [-0.1, -0.05) is 12.8 Å². The highest BCUT2D eigenvalue weighted by Gasteiger charge is 2.68. The molecule has 3 heterocycles. The first-order valence-corrected chi connectivity index (χ1v) is 10.0. The first-order chi connectivity index (χ1) is 12.6. The van der Waals surface area contributed by atoms with E-state index in [2.05, 4.69) is 0 Å². The van der Waals surface area contributed by atoms with Gasteiger partial charge >= 0.3 is 0 Å². The van der Waals surface area contributed by atoms with Gasteiger partial charge in [0.2, 0.25) is 5.60 Å². The molecule has 2 saturated carbocycles. The predicted octanol–water partition coefficient (Wildman–Crippen LogP) is 2.12. The lowest BCUT2D eigenvalue weighted by Gasteiger charge is -2.36. The molecule has 1 N–H and O–H groups in total. The summed E-state index contributed by atoms with van der Waals surface area (Å²) in [6, 6.07) is 2.04. The maximum absolute atomic E-state index is 11.2. The Morgan fingerprint density at radius 3 is 2.12 bits per heavy atom. The van der Waals surface area contributed by atoms with Gasteiger partial charge in [0.05, 0.1) is 6.61 Å². The molecule has 0 aromatic rings. The summed E-state index contributed by atoms with van der Waals surface area (Å²) in [6.45, 7) is 0.319. The van der Waals surface area contributed by atoms with Crippen LogP contribution in [0.3, 0.4) is 0 Å². The first kappa shape index (κ1) is 17.4. The molecule has 5 atom stereocenters. The van der Waals surface area contributed by atoms with Crippen LogP contribution in [0.1, 0.15) is 64.2 Å². The van der Waals surface area contributed by atoms with E-state index in [4.69, 9.17) is 23.7 Å². The van der Waals surface area contributed by atoms with Crippen LogP contribution in [0, 0.1) is 11.3 Å². The van der Waals surface area contributed by atoms with E-state index in [1.165, 1.54) is 6.42 Å². The molecule has 7 nitrogen and oxygen atoms in total. The number of nitriles is 1. The molecular formula is C19H27NO6. The molecule has 0 radical (unpaired) electrons. The Morgan fingerprint density at radius 2 is 1.46 bits per heavy atom. The van der Waals surface area contributed by atoms with Crippen LogP contribution in [0.15, 0.2) is 0 Å². The minimum Gasteiger partial charge on any atom is -0.371 e. The highest BCUT2D eigenvalue weighted by molar-refractivity contribution is 5.20. The number of rotatable bonds is 1. The van der Waals surface area contributed by atoms with Gasteiger partial charge in [-0.15, -0.1) is 0 Å². The highest BCUT2D eigenvalue weighted by Crippen LogP contribution is 2.50. The van der Waals surface area contributed by atoms with Crippen LogP contribution in [-0.2, 0) is 23.7 Å². The smallest absolute Gasteiger partial charge is 0.211 e. The average Bonchev–Trinajstić information content (AvgIpc) is 3.29. The first-order valence-electron chi connectivity index (χ1n) is 10.0. The molecule has 26 heavy (non-hydrogen) atoms. The van der Waals surface area contributed by atoms with Crippen LogP contribution in [0.4, 0.5) is 0 Å². The third-order valence-electron chi connectivity index (χ3n) is 6.69. The van der Waals surface area contributed by atoms with E-state index in [9.17, 15) is 10.4 Å². The van der Waals surface area contributed by atoms with E-state index in [-0.39, 0.29) is 0 Å². The number of aliphatic hydroxyl groups is 1. The van der Waals surface area contributed by atoms with Gasteiger partial charge in [-0.25, -0.2) is 0 Å². The lowest BCUT2D eigenvalue weighted by Crippen LogP contribution is -2.53. The molecular weight excluding hydrogens is 338 g/mol. The monoisotopic (exact) mass is 365 g/mol. The van der Waals surface area contributed by atoms with Crippen molar-refractivity contribution in [3.05, 3.63) is 0 Å². The second kappa shape index (κ2) is 6.13. The quantitative estimate of drug-likeness (QED) is 0.712. The molecule has 7 heteroatoms. The van der Waals surface area contributed by atoms with E-state index in [1.807, 2.05) is 6.07 Å². The molecule has 3 aliphatic heterocycles. The van der Waals surface area contributed by atoms with Crippen molar-refractivity contribution in [2.75, 3.05) is 6.61 Å². The molecule has 0 unspecified atom stereocenters. The number of ether oxygens (including phenoxy) is 5. The average molecular weight is 365 g/mol. The zero-order valence-electron chi connectivity index (χ0n) is 15.0. The summed E-state index contributed by atoms with van der Waals surface area (Å²) in [4.78, 5) is 0. The largest absolute Gasteiger partial charge is 0.371 e. The molecule has 2 spiro atoms. The summed E-state index contributed by atoms with van der Waals surface area (Å²) in [5.74, 6) is -1.28. The van der Waals surface area contributed by atoms with Crippen LogP contribution >= 0.6 is 0 Å². The Morgan fingerprint density at radius 1 is 0.808 bits per heavy atom. The Bertz CT molecular complexity index is 593. The zero-order valence-corrected chi connectivity index (χ0v) is 15.0. The lowest BCUT2D eigenvalue weighted by molar-refractivity contribution is -0.266. The van der Waals surface area contributed by atoms with E-state index in [0.29, 0.717) is 6.61 Å². The van der Waals surface area contributed by atoms with Crippen molar-refractivity contribution in [2.45, 2.75) is 106 Å². The van der Waals surface area contributed by atoms with Crippen LogP contribution in [0.2, 0.25) is 0 Å². The minimum atomic E-state index is -1.79. The van der Waals surface area contributed by atoms with Gasteiger partial charge in [0.15, 0.2) is 24.0 Å². The second-order valence-corrected chi connectivity index (χ2v) is 8.43. The van der Waals surface area contributed by atoms with Crippen molar-refractivity contribution >= 4 is 0 Å². The zero-order chi connectivity index (χ0) is 17.8. The van der Waals surface area contributed by atoms with Crippen LogP contribution in [-0.4, -0.2) is 53.5 Å². The van der Waals surface area contributed by atoms with Crippen molar-refractivity contribution in [3.63, 3.8) is 0 Å². The van der Waals surface area contributed by atoms with Crippen molar-refractivity contribution in [1.29, 1.82) is 5.26 Å². The summed E-state index contributed by atoms with van der Waals surface area (Å²) < 4.78 is 30.4. The van der Waals surface area contributed by atoms with Crippen molar-refractivity contribution in [2.24, 2.45) is 0 Å². The molecule has 144 valence electrons. The Balaban J connectivity index is 1.33. The van der Waals surface area contributed by atoms with Crippen LogP contribution in [0.5, 0.6) is 0 Å². The van der Waals surface area contributed by atoms with Crippen molar-refractivity contribution in [3.8, 4) is 6.07 Å². The van der Waals surface area contributed by atoms with Crippen molar-refractivity contribution in [1.82, 2.24) is 0 Å². The Labute approximate surface area is 153 Å². The normalized spacial score (nSPS) is 46.5.